The van der Waals surface area contributed by atoms with Crippen LogP contribution in [0.5, 0.6) is 5.75 Å². The van der Waals surface area contributed by atoms with Crippen molar-refractivity contribution in [3.05, 3.63) is 65.7 Å². The molecule has 0 radical (unpaired) electrons. The fraction of sp³-hybridized carbons (Fsp3) is 0.500. The number of morpholine rings is 1. The maximum absolute atomic E-state index is 14.0. The Kier molecular flexibility index (Phi) is 9.76. The first kappa shape index (κ1) is 27.6. The largest absolute Gasteiger partial charge is 0.491 e. The molecule has 3 amide bonds. The van der Waals surface area contributed by atoms with Crippen molar-refractivity contribution in [3.63, 3.8) is 0 Å². The van der Waals surface area contributed by atoms with E-state index in [9.17, 15) is 14.4 Å². The van der Waals surface area contributed by atoms with Crippen molar-refractivity contribution in [1.82, 2.24) is 15.1 Å². The second-order valence-corrected chi connectivity index (χ2v) is 10.0. The molecule has 1 saturated heterocycles. The van der Waals surface area contributed by atoms with Crippen molar-refractivity contribution >= 4 is 17.7 Å². The molecule has 1 N–H and O–H groups in total. The van der Waals surface area contributed by atoms with Gasteiger partial charge in [-0.2, -0.15) is 0 Å². The number of benzene rings is 2. The number of amides is 3. The van der Waals surface area contributed by atoms with E-state index in [1.165, 1.54) is 5.56 Å². The van der Waals surface area contributed by atoms with E-state index < -0.39 is 5.60 Å². The zero-order valence-electron chi connectivity index (χ0n) is 22.3. The maximum atomic E-state index is 14.0. The van der Waals surface area contributed by atoms with Crippen LogP contribution in [0.3, 0.4) is 0 Å². The van der Waals surface area contributed by atoms with Gasteiger partial charge >= 0.3 is 0 Å². The van der Waals surface area contributed by atoms with Gasteiger partial charge in [0, 0.05) is 18.7 Å². The topological polar surface area (TPSA) is 88.2 Å². The maximum Gasteiger partial charge on any atom is 0.256 e. The van der Waals surface area contributed by atoms with E-state index in [4.69, 9.17) is 9.47 Å². The van der Waals surface area contributed by atoms with Gasteiger partial charge in [-0.3, -0.25) is 14.4 Å². The van der Waals surface area contributed by atoms with Crippen LogP contribution in [0.25, 0.3) is 0 Å². The summed E-state index contributed by atoms with van der Waals surface area (Å²) >= 11 is 0. The lowest BCUT2D eigenvalue weighted by Gasteiger charge is -2.44. The van der Waals surface area contributed by atoms with Crippen LogP contribution in [0.2, 0.25) is 0 Å². The Bertz CT molecular complexity index is 1090. The third-order valence-corrected chi connectivity index (χ3v) is 7.30. The number of nitrogens with one attached hydrogen (secondary N) is 1. The summed E-state index contributed by atoms with van der Waals surface area (Å²) in [6.07, 6.45) is 4.91. The molecule has 4 rings (SSSR count). The highest BCUT2D eigenvalue weighted by molar-refractivity contribution is 5.96. The molecule has 1 atom stereocenters. The Morgan fingerprint density at radius 2 is 1.79 bits per heavy atom. The SMILES string of the molecule is CCCCN1CCOc2ccccc2CCCCC2(CN(C(=O)CNC(=O)c3ccccc3)CCO2)C1=O. The van der Waals surface area contributed by atoms with E-state index in [1.54, 1.807) is 29.2 Å². The van der Waals surface area contributed by atoms with Crippen molar-refractivity contribution in [1.29, 1.82) is 0 Å². The van der Waals surface area contributed by atoms with Gasteiger partial charge < -0.3 is 24.6 Å². The lowest BCUT2D eigenvalue weighted by Crippen LogP contribution is -2.62. The number of ether oxygens (including phenoxy) is 2. The molecule has 0 aromatic heterocycles. The molecule has 8 heteroatoms. The Hall–Kier alpha value is -3.39. The van der Waals surface area contributed by atoms with E-state index in [0.717, 1.165) is 37.9 Å². The molecule has 2 aliphatic rings. The molecule has 2 heterocycles. The molecule has 1 unspecified atom stereocenters. The summed E-state index contributed by atoms with van der Waals surface area (Å²) in [5.41, 5.74) is 0.580. The lowest BCUT2D eigenvalue weighted by atomic mass is 9.90. The van der Waals surface area contributed by atoms with Crippen molar-refractivity contribution in [2.75, 3.05) is 45.9 Å². The van der Waals surface area contributed by atoms with Crippen LogP contribution in [0, 0.1) is 0 Å². The summed E-state index contributed by atoms with van der Waals surface area (Å²) in [5.74, 6) is 0.298. The van der Waals surface area contributed by atoms with Crippen molar-refractivity contribution < 1.29 is 23.9 Å². The molecule has 0 bridgehead atoms. The Balaban J connectivity index is 1.48. The van der Waals surface area contributed by atoms with Gasteiger partial charge in [0.1, 0.15) is 12.4 Å². The molecular formula is C30H39N3O5. The summed E-state index contributed by atoms with van der Waals surface area (Å²) in [7, 11) is 0. The van der Waals surface area contributed by atoms with E-state index in [1.807, 2.05) is 29.2 Å². The number of carbonyl (C=O) groups is 3. The number of nitrogens with zero attached hydrogens (tertiary/aromatic N) is 2. The highest BCUT2D eigenvalue weighted by Gasteiger charge is 2.46. The monoisotopic (exact) mass is 521 g/mol. The van der Waals surface area contributed by atoms with Gasteiger partial charge in [0.15, 0.2) is 5.60 Å². The van der Waals surface area contributed by atoms with Gasteiger partial charge in [-0.1, -0.05) is 49.7 Å². The number of para-hydroxylation sites is 1. The lowest BCUT2D eigenvalue weighted by molar-refractivity contribution is -0.176. The first-order valence-electron chi connectivity index (χ1n) is 13.8. The van der Waals surface area contributed by atoms with Gasteiger partial charge in [0.05, 0.1) is 26.2 Å². The summed E-state index contributed by atoms with van der Waals surface area (Å²) in [4.78, 5) is 43.2. The number of hydrogen-bond acceptors (Lipinski definition) is 5. The van der Waals surface area contributed by atoms with Crippen LogP contribution in [0.4, 0.5) is 0 Å². The number of carbonyl (C=O) groups excluding carboxylic acids is 3. The molecule has 2 aromatic rings. The van der Waals surface area contributed by atoms with Gasteiger partial charge in [0.2, 0.25) is 5.91 Å². The second kappa shape index (κ2) is 13.4. The van der Waals surface area contributed by atoms with E-state index in [-0.39, 0.29) is 37.4 Å². The zero-order valence-corrected chi connectivity index (χ0v) is 22.3. The van der Waals surface area contributed by atoms with Crippen LogP contribution in [-0.2, 0) is 20.7 Å². The second-order valence-electron chi connectivity index (χ2n) is 10.0. The van der Waals surface area contributed by atoms with Crippen LogP contribution < -0.4 is 10.1 Å². The Morgan fingerprint density at radius 3 is 2.61 bits per heavy atom. The van der Waals surface area contributed by atoms with E-state index in [2.05, 4.69) is 18.3 Å². The van der Waals surface area contributed by atoms with Crippen molar-refractivity contribution in [3.8, 4) is 5.75 Å². The molecule has 204 valence electrons. The standard InChI is InChI=1S/C30H39N3O5/c1-2-3-17-32-18-20-37-26-15-8-7-11-24(26)12-9-10-16-30(29(32)36)23-33(19-21-38-30)27(34)22-31-28(35)25-13-5-4-6-14-25/h4-8,11,13-15H,2-3,9-10,12,16-23H2,1H3,(H,31,35). The quantitative estimate of drug-likeness (QED) is 0.629. The molecule has 1 spiro atoms. The number of rotatable bonds is 6. The average molecular weight is 522 g/mol. The summed E-state index contributed by atoms with van der Waals surface area (Å²) < 4.78 is 12.4. The number of aryl methyl sites for hydroxylation is 1. The number of fused-ring (bicyclic) bond motifs is 1. The van der Waals surface area contributed by atoms with Crippen molar-refractivity contribution in [2.24, 2.45) is 0 Å². The zero-order chi connectivity index (χ0) is 26.8. The number of hydrogen-bond donors (Lipinski definition) is 1. The van der Waals surface area contributed by atoms with Gasteiger partial charge in [-0.15, -0.1) is 0 Å². The highest BCUT2D eigenvalue weighted by Crippen LogP contribution is 2.29. The van der Waals surface area contributed by atoms with Crippen molar-refractivity contribution in [2.45, 2.75) is 51.0 Å². The molecule has 1 fully saturated rings. The molecule has 0 aliphatic carbocycles. The fourth-order valence-corrected chi connectivity index (χ4v) is 5.14. The molecule has 2 aliphatic heterocycles. The third kappa shape index (κ3) is 6.92. The van der Waals surface area contributed by atoms with Gasteiger partial charge in [0.25, 0.3) is 11.8 Å². The fourth-order valence-electron chi connectivity index (χ4n) is 5.14. The molecule has 8 nitrogen and oxygen atoms in total. The predicted octanol–water partition coefficient (Wildman–Crippen LogP) is 3.45. The van der Waals surface area contributed by atoms with Crippen LogP contribution in [0.15, 0.2) is 54.6 Å². The first-order valence-corrected chi connectivity index (χ1v) is 13.8. The molecule has 0 saturated carbocycles. The van der Waals surface area contributed by atoms with E-state index >= 15 is 0 Å². The van der Waals surface area contributed by atoms with Crippen LogP contribution in [0.1, 0.15) is 54.9 Å². The summed E-state index contributed by atoms with van der Waals surface area (Å²) in [6, 6.07) is 16.9. The summed E-state index contributed by atoms with van der Waals surface area (Å²) in [5, 5.41) is 2.72. The van der Waals surface area contributed by atoms with Crippen LogP contribution in [-0.4, -0.2) is 79.1 Å². The van der Waals surface area contributed by atoms with Gasteiger partial charge in [-0.25, -0.2) is 0 Å². The highest BCUT2D eigenvalue weighted by atomic mass is 16.5. The minimum absolute atomic E-state index is 0.0748. The predicted molar refractivity (Wildman–Crippen MR) is 145 cm³/mol. The number of unbranched alkanes of at least 4 members (excludes halogenated alkanes) is 1. The van der Waals surface area contributed by atoms with Gasteiger partial charge in [-0.05, 0) is 55.9 Å². The Labute approximate surface area is 225 Å². The Morgan fingerprint density at radius 1 is 1.00 bits per heavy atom. The van der Waals surface area contributed by atoms with Crippen LogP contribution >= 0.6 is 0 Å². The first-order chi connectivity index (χ1) is 18.5. The normalized spacial score (nSPS) is 20.6. The average Bonchev–Trinajstić information content (AvgIpc) is 2.96. The third-order valence-electron chi connectivity index (χ3n) is 7.30. The minimum atomic E-state index is -1.09. The molecule has 38 heavy (non-hydrogen) atoms. The summed E-state index contributed by atoms with van der Waals surface area (Å²) in [6.45, 7) is 4.31. The molecular weight excluding hydrogens is 482 g/mol. The minimum Gasteiger partial charge on any atom is -0.491 e. The smallest absolute Gasteiger partial charge is 0.256 e. The molecule has 2 aromatic carbocycles. The van der Waals surface area contributed by atoms with E-state index in [0.29, 0.717) is 38.2 Å².